The topological polar surface area (TPSA) is 125 Å². The highest BCUT2D eigenvalue weighted by atomic mass is 16.4. The van der Waals surface area contributed by atoms with Crippen LogP contribution in [-0.4, -0.2) is 22.4 Å². The van der Waals surface area contributed by atoms with E-state index in [0.29, 0.717) is 5.52 Å². The van der Waals surface area contributed by atoms with Crippen molar-refractivity contribution in [1.82, 2.24) is 4.98 Å². The van der Waals surface area contributed by atoms with Gasteiger partial charge in [-0.1, -0.05) is 24.3 Å². The minimum atomic E-state index is -0.995. The van der Waals surface area contributed by atoms with Gasteiger partial charge in [0, 0.05) is 5.39 Å². The zero-order valence-corrected chi connectivity index (χ0v) is 9.32. The van der Waals surface area contributed by atoms with Crippen LogP contribution in [0.25, 0.3) is 10.9 Å². The average molecular weight is 245 g/mol. The molecule has 1 aromatic carbocycles. The van der Waals surface area contributed by atoms with E-state index in [9.17, 15) is 4.79 Å². The highest BCUT2D eigenvalue weighted by Gasteiger charge is 2.03. The number of para-hydroxylation sites is 1. The van der Waals surface area contributed by atoms with Gasteiger partial charge in [0.15, 0.2) is 6.34 Å². The number of carboxylic acids is 1. The first-order valence-corrected chi connectivity index (χ1v) is 4.86. The first kappa shape index (κ1) is 13.2. The summed E-state index contributed by atoms with van der Waals surface area (Å²) in [5, 5.41) is 15.2. The number of nitrogens with two attached hydrogens (primary N) is 1. The smallest absolute Gasteiger partial charge is 0.354 e. The van der Waals surface area contributed by atoms with Crippen molar-refractivity contribution in [3.63, 3.8) is 0 Å². The van der Waals surface area contributed by atoms with Gasteiger partial charge in [-0.15, -0.1) is 5.11 Å². The number of rotatable bonds is 2. The quantitative estimate of drug-likeness (QED) is 0.245. The summed E-state index contributed by atoms with van der Waals surface area (Å²) >= 11 is 0. The van der Waals surface area contributed by atoms with Crippen LogP contribution in [0, 0.1) is 5.53 Å². The van der Waals surface area contributed by atoms with Gasteiger partial charge < -0.3 is 10.9 Å². The molecule has 0 spiro atoms. The molecule has 1 heterocycles. The summed E-state index contributed by atoms with van der Waals surface area (Å²) in [4.78, 5) is 14.6. The maximum atomic E-state index is 10.6. The van der Waals surface area contributed by atoms with Crippen molar-refractivity contribution in [2.45, 2.75) is 0 Å². The lowest BCUT2D eigenvalue weighted by Crippen LogP contribution is -1.99. The Morgan fingerprint density at radius 2 is 2.06 bits per heavy atom. The van der Waals surface area contributed by atoms with Crippen LogP contribution in [0.4, 0.5) is 0 Å². The summed E-state index contributed by atoms with van der Waals surface area (Å²) < 4.78 is 0. The summed E-state index contributed by atoms with van der Waals surface area (Å²) in [5.41, 5.74) is 6.79. The maximum absolute atomic E-state index is 10.6. The van der Waals surface area contributed by atoms with Crippen molar-refractivity contribution in [2.24, 2.45) is 16.1 Å². The molecule has 0 aliphatic carbocycles. The van der Waals surface area contributed by atoms with Gasteiger partial charge in [0.05, 0.1) is 5.52 Å². The lowest BCUT2D eigenvalue weighted by molar-refractivity contribution is 0.0691. The van der Waals surface area contributed by atoms with Crippen molar-refractivity contribution in [1.29, 1.82) is 5.53 Å². The second-order valence-corrected chi connectivity index (χ2v) is 3.09. The third kappa shape index (κ3) is 3.63. The molecule has 0 saturated heterocycles. The number of hydrogen-bond donors (Lipinski definition) is 3. The van der Waals surface area contributed by atoms with E-state index in [0.717, 1.165) is 11.7 Å². The molecule has 0 aliphatic heterocycles. The predicted octanol–water partition coefficient (Wildman–Crippen LogP) is 1.85. The Bertz CT molecular complexity index is 582. The van der Waals surface area contributed by atoms with Crippen LogP contribution in [0.15, 0.2) is 46.6 Å². The molecule has 18 heavy (non-hydrogen) atoms. The summed E-state index contributed by atoms with van der Waals surface area (Å²) in [5.74, 6) is 3.50. The van der Waals surface area contributed by atoms with Crippen LogP contribution in [0.1, 0.15) is 10.5 Å². The lowest BCUT2D eigenvalue weighted by Gasteiger charge is -1.97. The van der Waals surface area contributed by atoms with E-state index in [1.54, 1.807) is 12.1 Å². The monoisotopic (exact) mass is 245 g/mol. The molecule has 7 heteroatoms. The van der Waals surface area contributed by atoms with Gasteiger partial charge in [0.1, 0.15) is 5.69 Å². The standard InChI is InChI=1S/C10H7NO2.CH4N4/c12-10(13)9-6-5-7-3-1-2-4-8(7)11-9;2-4-1-5-3/h1-6H,(H,12,13);1-2H,3H2. The highest BCUT2D eigenvalue weighted by Crippen LogP contribution is 2.11. The Labute approximate surface area is 102 Å². The molecular formula is C11H11N5O2. The summed E-state index contributed by atoms with van der Waals surface area (Å²) in [6.45, 7) is 0. The molecule has 7 nitrogen and oxygen atoms in total. The zero-order valence-electron chi connectivity index (χ0n) is 9.32. The van der Waals surface area contributed by atoms with Gasteiger partial charge in [-0.05, 0) is 12.1 Å². The van der Waals surface area contributed by atoms with Crippen LogP contribution >= 0.6 is 0 Å². The second kappa shape index (κ2) is 6.69. The molecule has 0 bridgehead atoms. The first-order valence-electron chi connectivity index (χ1n) is 4.86. The Kier molecular flexibility index (Phi) is 4.92. The van der Waals surface area contributed by atoms with Crippen molar-refractivity contribution < 1.29 is 9.90 Å². The molecular weight excluding hydrogens is 234 g/mol. The number of hydrogen-bond acceptors (Lipinski definition) is 5. The normalized spacial score (nSPS) is 9.78. The summed E-state index contributed by atoms with van der Waals surface area (Å²) in [6.07, 6.45) is 0.944. The highest BCUT2D eigenvalue weighted by molar-refractivity contribution is 5.89. The molecule has 0 aliphatic rings. The molecule has 0 radical (unpaired) electrons. The van der Waals surface area contributed by atoms with Gasteiger partial charge in [0.25, 0.3) is 0 Å². The zero-order chi connectivity index (χ0) is 13.4. The number of nitrogens with one attached hydrogen (secondary N) is 1. The van der Waals surface area contributed by atoms with Gasteiger partial charge in [-0.2, -0.15) is 5.10 Å². The van der Waals surface area contributed by atoms with E-state index >= 15 is 0 Å². The molecule has 2 aromatic rings. The first-order chi connectivity index (χ1) is 8.69. The van der Waals surface area contributed by atoms with Crippen molar-refractivity contribution in [2.75, 3.05) is 0 Å². The largest absolute Gasteiger partial charge is 0.477 e. The van der Waals surface area contributed by atoms with E-state index in [1.807, 2.05) is 18.2 Å². The third-order valence-corrected chi connectivity index (χ3v) is 1.94. The Balaban J connectivity index is 0.000000280. The number of carboxylic acid groups (broad SMARTS) is 1. The summed E-state index contributed by atoms with van der Waals surface area (Å²) in [7, 11) is 0. The molecule has 92 valence electrons. The molecule has 2 rings (SSSR count). The molecule has 4 N–H and O–H groups in total. The summed E-state index contributed by atoms with van der Waals surface area (Å²) in [6, 6.07) is 10.7. The van der Waals surface area contributed by atoms with Gasteiger partial charge in [0.2, 0.25) is 0 Å². The Hall–Kier alpha value is -2.83. The van der Waals surface area contributed by atoms with Crippen LogP contribution in [-0.2, 0) is 0 Å². The van der Waals surface area contributed by atoms with Gasteiger partial charge in [-0.25, -0.2) is 15.3 Å². The molecule has 1 aromatic heterocycles. The number of nitrogens with zero attached hydrogens (tertiary/aromatic N) is 3. The van der Waals surface area contributed by atoms with Crippen LogP contribution < -0.4 is 5.84 Å². The minimum absolute atomic E-state index is 0.0821. The number of benzene rings is 1. The predicted molar refractivity (Wildman–Crippen MR) is 66.5 cm³/mol. The SMILES string of the molecule is N=NC=NN.O=C(O)c1ccc2ccccc2n1. The van der Waals surface area contributed by atoms with E-state index in [2.05, 4.69) is 21.0 Å². The van der Waals surface area contributed by atoms with E-state index in [1.165, 1.54) is 6.07 Å². The molecule has 0 amide bonds. The van der Waals surface area contributed by atoms with E-state index in [-0.39, 0.29) is 5.69 Å². The van der Waals surface area contributed by atoms with Crippen LogP contribution in [0.2, 0.25) is 0 Å². The van der Waals surface area contributed by atoms with Crippen molar-refractivity contribution in [3.8, 4) is 0 Å². The van der Waals surface area contributed by atoms with Gasteiger partial charge >= 0.3 is 5.97 Å². The van der Waals surface area contributed by atoms with E-state index in [4.69, 9.17) is 10.6 Å². The Morgan fingerprint density at radius 1 is 1.33 bits per heavy atom. The number of hydrazone groups is 1. The third-order valence-electron chi connectivity index (χ3n) is 1.94. The fourth-order valence-electron chi connectivity index (χ4n) is 1.22. The van der Waals surface area contributed by atoms with Gasteiger partial charge in [-0.3, -0.25) is 0 Å². The van der Waals surface area contributed by atoms with Crippen LogP contribution in [0.3, 0.4) is 0 Å². The molecule has 0 saturated carbocycles. The Morgan fingerprint density at radius 3 is 2.61 bits per heavy atom. The number of pyridine rings is 1. The number of fused-ring (bicyclic) bond motifs is 1. The fourth-order valence-corrected chi connectivity index (χ4v) is 1.22. The number of carbonyl (C=O) groups is 1. The maximum Gasteiger partial charge on any atom is 0.354 e. The fraction of sp³-hybridized carbons (Fsp3) is 0. The molecule has 0 fully saturated rings. The number of aromatic carboxylic acids is 1. The second-order valence-electron chi connectivity index (χ2n) is 3.09. The average Bonchev–Trinajstić information content (AvgIpc) is 2.40. The van der Waals surface area contributed by atoms with Crippen molar-refractivity contribution >= 4 is 23.2 Å². The molecule has 0 atom stereocenters. The lowest BCUT2D eigenvalue weighted by atomic mass is 10.2. The van der Waals surface area contributed by atoms with Crippen LogP contribution in [0.5, 0.6) is 0 Å². The van der Waals surface area contributed by atoms with E-state index < -0.39 is 5.97 Å². The number of aromatic nitrogens is 1. The van der Waals surface area contributed by atoms with Crippen molar-refractivity contribution in [3.05, 3.63) is 42.1 Å². The minimum Gasteiger partial charge on any atom is -0.477 e. The molecule has 0 unspecified atom stereocenters.